The standard InChI is InChI=1S/C13H15FN2/c1-3-4-8-13(2,10-15)16-12-7-5-6-11(14)9-12/h3,5-7,9,16H,1,4,8H2,2H3. The molecule has 0 aliphatic rings. The van der Waals surface area contributed by atoms with Gasteiger partial charge in [-0.15, -0.1) is 6.58 Å². The number of nitrogens with one attached hydrogen (secondary N) is 1. The third kappa shape index (κ3) is 3.39. The third-order valence-corrected chi connectivity index (χ3v) is 2.34. The number of hydrogen-bond donors (Lipinski definition) is 1. The molecule has 0 aromatic heterocycles. The van der Waals surface area contributed by atoms with Crippen molar-refractivity contribution in [2.75, 3.05) is 5.32 Å². The Balaban J connectivity index is 2.77. The molecule has 1 unspecified atom stereocenters. The summed E-state index contributed by atoms with van der Waals surface area (Å²) in [4.78, 5) is 0. The summed E-state index contributed by atoms with van der Waals surface area (Å²) >= 11 is 0. The summed E-state index contributed by atoms with van der Waals surface area (Å²) in [5, 5.41) is 12.1. The van der Waals surface area contributed by atoms with Crippen molar-refractivity contribution in [3.05, 3.63) is 42.7 Å². The molecular weight excluding hydrogens is 203 g/mol. The highest BCUT2D eigenvalue weighted by Gasteiger charge is 2.22. The van der Waals surface area contributed by atoms with Crippen molar-refractivity contribution in [1.82, 2.24) is 0 Å². The van der Waals surface area contributed by atoms with Crippen molar-refractivity contribution in [3.8, 4) is 6.07 Å². The molecule has 0 aliphatic carbocycles. The largest absolute Gasteiger partial charge is 0.367 e. The molecule has 1 aromatic carbocycles. The first-order valence-corrected chi connectivity index (χ1v) is 5.15. The minimum Gasteiger partial charge on any atom is -0.367 e. The normalized spacial score (nSPS) is 13.6. The Kier molecular flexibility index (Phi) is 4.07. The van der Waals surface area contributed by atoms with Gasteiger partial charge in [0.05, 0.1) is 6.07 Å². The second-order valence-electron chi connectivity index (χ2n) is 3.91. The zero-order valence-electron chi connectivity index (χ0n) is 9.33. The van der Waals surface area contributed by atoms with E-state index >= 15 is 0 Å². The van der Waals surface area contributed by atoms with Crippen molar-refractivity contribution in [2.24, 2.45) is 0 Å². The Morgan fingerprint density at radius 2 is 2.38 bits per heavy atom. The average molecular weight is 218 g/mol. The van der Waals surface area contributed by atoms with Gasteiger partial charge in [0.25, 0.3) is 0 Å². The van der Waals surface area contributed by atoms with Gasteiger partial charge in [-0.3, -0.25) is 0 Å². The lowest BCUT2D eigenvalue weighted by Gasteiger charge is -2.23. The van der Waals surface area contributed by atoms with Crippen LogP contribution in [0.4, 0.5) is 10.1 Å². The quantitative estimate of drug-likeness (QED) is 0.768. The molecule has 0 amide bonds. The SMILES string of the molecule is C=CCCC(C)(C#N)Nc1cccc(F)c1. The molecule has 0 heterocycles. The minimum absolute atomic E-state index is 0.311. The van der Waals surface area contributed by atoms with E-state index in [9.17, 15) is 4.39 Å². The Morgan fingerprint density at radius 3 is 2.94 bits per heavy atom. The summed E-state index contributed by atoms with van der Waals surface area (Å²) in [6, 6.07) is 8.31. The molecule has 1 N–H and O–H groups in total. The van der Waals surface area contributed by atoms with Crippen LogP contribution in [0.5, 0.6) is 0 Å². The van der Waals surface area contributed by atoms with Crippen LogP contribution in [0.2, 0.25) is 0 Å². The molecule has 0 saturated carbocycles. The number of anilines is 1. The molecule has 0 spiro atoms. The summed E-state index contributed by atoms with van der Waals surface area (Å²) < 4.78 is 13.0. The van der Waals surface area contributed by atoms with Gasteiger partial charge in [-0.2, -0.15) is 5.26 Å². The van der Waals surface area contributed by atoms with Gasteiger partial charge >= 0.3 is 0 Å². The zero-order valence-corrected chi connectivity index (χ0v) is 9.33. The Labute approximate surface area is 95.4 Å². The van der Waals surface area contributed by atoms with Gasteiger partial charge in [0.2, 0.25) is 0 Å². The number of benzene rings is 1. The van der Waals surface area contributed by atoms with E-state index in [1.54, 1.807) is 25.1 Å². The monoisotopic (exact) mass is 218 g/mol. The van der Waals surface area contributed by atoms with Crippen LogP contribution >= 0.6 is 0 Å². The minimum atomic E-state index is -0.692. The van der Waals surface area contributed by atoms with Crippen LogP contribution in [0.3, 0.4) is 0 Å². The lowest BCUT2D eigenvalue weighted by molar-refractivity contribution is 0.593. The number of hydrogen-bond acceptors (Lipinski definition) is 2. The van der Waals surface area contributed by atoms with Crippen molar-refractivity contribution < 1.29 is 4.39 Å². The molecule has 0 fully saturated rings. The van der Waals surface area contributed by atoms with Gasteiger partial charge in [0, 0.05) is 5.69 Å². The Morgan fingerprint density at radius 1 is 1.62 bits per heavy atom. The van der Waals surface area contributed by atoms with E-state index in [1.165, 1.54) is 12.1 Å². The molecule has 84 valence electrons. The molecule has 0 aliphatic heterocycles. The molecule has 0 saturated heterocycles. The average Bonchev–Trinajstić information content (AvgIpc) is 2.26. The first kappa shape index (κ1) is 12.3. The van der Waals surface area contributed by atoms with Crippen molar-refractivity contribution in [2.45, 2.75) is 25.3 Å². The fourth-order valence-electron chi connectivity index (χ4n) is 1.42. The van der Waals surface area contributed by atoms with Gasteiger partial charge in [-0.25, -0.2) is 4.39 Å². The summed E-state index contributed by atoms with van der Waals surface area (Å²) in [5.74, 6) is -0.311. The lowest BCUT2D eigenvalue weighted by atomic mass is 9.97. The van der Waals surface area contributed by atoms with E-state index in [0.717, 1.165) is 6.42 Å². The van der Waals surface area contributed by atoms with E-state index in [0.29, 0.717) is 12.1 Å². The molecule has 1 atom stereocenters. The highest BCUT2D eigenvalue weighted by molar-refractivity contribution is 5.47. The Hall–Kier alpha value is -1.82. The van der Waals surface area contributed by atoms with Crippen LogP contribution < -0.4 is 5.32 Å². The summed E-state index contributed by atoms with van der Waals surface area (Å²) in [5.41, 5.74) is -0.0739. The lowest BCUT2D eigenvalue weighted by Crippen LogP contribution is -2.32. The summed E-state index contributed by atoms with van der Waals surface area (Å²) in [6.07, 6.45) is 3.15. The first-order chi connectivity index (χ1) is 7.59. The first-order valence-electron chi connectivity index (χ1n) is 5.15. The smallest absolute Gasteiger partial charge is 0.125 e. The fraction of sp³-hybridized carbons (Fsp3) is 0.308. The van der Waals surface area contributed by atoms with Gasteiger partial charge in [0.15, 0.2) is 0 Å². The topological polar surface area (TPSA) is 35.8 Å². The predicted octanol–water partition coefficient (Wildman–Crippen LogP) is 3.49. The van der Waals surface area contributed by atoms with Crippen LogP contribution in [-0.2, 0) is 0 Å². The molecule has 1 aromatic rings. The van der Waals surface area contributed by atoms with Gasteiger partial charge in [-0.05, 0) is 38.0 Å². The van der Waals surface area contributed by atoms with E-state index < -0.39 is 5.54 Å². The molecule has 2 nitrogen and oxygen atoms in total. The number of rotatable bonds is 5. The maximum absolute atomic E-state index is 13.0. The molecule has 0 radical (unpaired) electrons. The maximum atomic E-state index is 13.0. The summed E-state index contributed by atoms with van der Waals surface area (Å²) in [6.45, 7) is 5.42. The highest BCUT2D eigenvalue weighted by Crippen LogP contribution is 2.20. The molecule has 0 bridgehead atoms. The number of nitriles is 1. The maximum Gasteiger partial charge on any atom is 0.125 e. The van der Waals surface area contributed by atoms with E-state index in [1.807, 2.05) is 0 Å². The van der Waals surface area contributed by atoms with Crippen molar-refractivity contribution >= 4 is 5.69 Å². The molecule has 3 heteroatoms. The van der Waals surface area contributed by atoms with Gasteiger partial charge < -0.3 is 5.32 Å². The van der Waals surface area contributed by atoms with E-state index in [4.69, 9.17) is 5.26 Å². The third-order valence-electron chi connectivity index (χ3n) is 2.34. The van der Waals surface area contributed by atoms with Crippen molar-refractivity contribution in [3.63, 3.8) is 0 Å². The second-order valence-corrected chi connectivity index (χ2v) is 3.91. The summed E-state index contributed by atoms with van der Waals surface area (Å²) in [7, 11) is 0. The fourth-order valence-corrected chi connectivity index (χ4v) is 1.42. The van der Waals surface area contributed by atoms with Gasteiger partial charge in [-0.1, -0.05) is 12.1 Å². The predicted molar refractivity (Wildman–Crippen MR) is 63.5 cm³/mol. The van der Waals surface area contributed by atoms with Gasteiger partial charge in [0.1, 0.15) is 11.4 Å². The van der Waals surface area contributed by atoms with Crippen molar-refractivity contribution in [1.29, 1.82) is 5.26 Å². The van der Waals surface area contributed by atoms with Crippen LogP contribution in [0, 0.1) is 17.1 Å². The van der Waals surface area contributed by atoms with Crippen LogP contribution in [0.1, 0.15) is 19.8 Å². The zero-order chi connectivity index (χ0) is 12.0. The molecular formula is C13H15FN2. The van der Waals surface area contributed by atoms with Crippen LogP contribution in [-0.4, -0.2) is 5.54 Å². The van der Waals surface area contributed by atoms with Crippen LogP contribution in [0.25, 0.3) is 0 Å². The highest BCUT2D eigenvalue weighted by atomic mass is 19.1. The molecule has 16 heavy (non-hydrogen) atoms. The van der Waals surface area contributed by atoms with E-state index in [2.05, 4.69) is 18.0 Å². The number of allylic oxidation sites excluding steroid dienone is 1. The number of halogens is 1. The van der Waals surface area contributed by atoms with E-state index in [-0.39, 0.29) is 5.82 Å². The number of nitrogens with zero attached hydrogens (tertiary/aromatic N) is 1. The van der Waals surface area contributed by atoms with Crippen LogP contribution in [0.15, 0.2) is 36.9 Å². The second kappa shape index (κ2) is 5.32. The Bertz CT molecular complexity index is 409. The molecule has 1 rings (SSSR count).